The minimum absolute atomic E-state index is 0.114. The van der Waals surface area contributed by atoms with Gasteiger partial charge < -0.3 is 5.32 Å². The van der Waals surface area contributed by atoms with Crippen LogP contribution in [-0.2, 0) is 4.79 Å². The van der Waals surface area contributed by atoms with Crippen LogP contribution in [0.25, 0.3) is 0 Å². The minimum Gasteiger partial charge on any atom is -0.388 e. The minimum atomic E-state index is 0.114. The van der Waals surface area contributed by atoms with Crippen LogP contribution in [-0.4, -0.2) is 12.3 Å². The summed E-state index contributed by atoms with van der Waals surface area (Å²) in [6, 6.07) is 0. The Hall–Kier alpha value is -0.790. The third-order valence-electron chi connectivity index (χ3n) is 2.35. The van der Waals surface area contributed by atoms with Gasteiger partial charge in [-0.1, -0.05) is 39.0 Å². The second kappa shape index (κ2) is 9.75. The number of allylic oxidation sites excluding steroid dienone is 2. The van der Waals surface area contributed by atoms with Crippen molar-refractivity contribution in [3.63, 3.8) is 0 Å². The maximum absolute atomic E-state index is 10.7. The number of carbonyl (C=O) groups is 1. The van der Waals surface area contributed by atoms with Crippen LogP contribution in [0.5, 0.6) is 0 Å². The van der Waals surface area contributed by atoms with Gasteiger partial charge in [-0.15, -0.1) is 0 Å². The summed E-state index contributed by atoms with van der Waals surface area (Å²) >= 11 is 0. The number of carbonyl (C=O) groups excluding carboxylic acids is 1. The van der Waals surface area contributed by atoms with Gasteiger partial charge >= 0.3 is 0 Å². The molecule has 0 spiro atoms. The Morgan fingerprint density at radius 3 is 2.27 bits per heavy atom. The van der Waals surface area contributed by atoms with Crippen LogP contribution in [0.15, 0.2) is 11.8 Å². The van der Waals surface area contributed by atoms with E-state index in [0.717, 1.165) is 12.2 Å². The van der Waals surface area contributed by atoms with E-state index in [1.807, 2.05) is 6.92 Å². The predicted molar refractivity (Wildman–Crippen MR) is 65.8 cm³/mol. The zero-order chi connectivity index (χ0) is 11.5. The molecule has 88 valence electrons. The molecular formula is C13H25NO. The van der Waals surface area contributed by atoms with Crippen molar-refractivity contribution in [2.24, 2.45) is 0 Å². The van der Waals surface area contributed by atoms with Gasteiger partial charge in [-0.2, -0.15) is 0 Å². The molecule has 0 aliphatic rings. The van der Waals surface area contributed by atoms with E-state index in [-0.39, 0.29) is 5.78 Å². The molecule has 1 N–H and O–H groups in total. The molecule has 0 saturated heterocycles. The van der Waals surface area contributed by atoms with Gasteiger partial charge in [0.25, 0.3) is 0 Å². The largest absolute Gasteiger partial charge is 0.388 e. The first-order valence-electron chi connectivity index (χ1n) is 6.09. The van der Waals surface area contributed by atoms with E-state index in [9.17, 15) is 4.79 Å². The van der Waals surface area contributed by atoms with Crippen LogP contribution in [0.4, 0.5) is 0 Å². The van der Waals surface area contributed by atoms with Crippen molar-refractivity contribution in [1.82, 2.24) is 5.32 Å². The van der Waals surface area contributed by atoms with Crippen LogP contribution in [0, 0.1) is 0 Å². The lowest BCUT2D eigenvalue weighted by Crippen LogP contribution is -2.13. The number of rotatable bonds is 9. The first-order valence-corrected chi connectivity index (χ1v) is 6.09. The van der Waals surface area contributed by atoms with E-state index < -0.39 is 0 Å². The fraction of sp³-hybridized carbons (Fsp3) is 0.769. The van der Waals surface area contributed by atoms with Crippen LogP contribution < -0.4 is 5.32 Å². The summed E-state index contributed by atoms with van der Waals surface area (Å²) in [5.41, 5.74) is 0.982. The van der Waals surface area contributed by atoms with Gasteiger partial charge in [0.05, 0.1) is 0 Å². The molecular weight excluding hydrogens is 186 g/mol. The maximum Gasteiger partial charge on any atom is 0.154 e. The van der Waals surface area contributed by atoms with Crippen LogP contribution in [0.1, 0.15) is 59.3 Å². The third kappa shape index (κ3) is 11.1. The molecule has 0 heterocycles. The molecule has 0 aromatic carbocycles. The lowest BCUT2D eigenvalue weighted by atomic mass is 10.1. The van der Waals surface area contributed by atoms with Crippen LogP contribution in [0.3, 0.4) is 0 Å². The molecule has 0 amide bonds. The summed E-state index contributed by atoms with van der Waals surface area (Å²) in [5, 5.41) is 3.25. The SMILES string of the molecule is CCCCCCCCN/C(C)=C/C(C)=O. The number of unbranched alkanes of at least 4 members (excludes halogenated alkanes) is 5. The molecule has 0 rings (SSSR count). The molecule has 0 radical (unpaired) electrons. The van der Waals surface area contributed by atoms with E-state index in [1.54, 1.807) is 13.0 Å². The highest BCUT2D eigenvalue weighted by atomic mass is 16.1. The molecule has 0 aromatic rings. The summed E-state index contributed by atoms with van der Waals surface area (Å²) in [6.07, 6.45) is 9.50. The van der Waals surface area contributed by atoms with E-state index in [2.05, 4.69) is 12.2 Å². The van der Waals surface area contributed by atoms with Gasteiger partial charge in [0, 0.05) is 12.2 Å². The van der Waals surface area contributed by atoms with E-state index in [4.69, 9.17) is 0 Å². The monoisotopic (exact) mass is 211 g/mol. The van der Waals surface area contributed by atoms with Crippen molar-refractivity contribution in [2.45, 2.75) is 59.3 Å². The van der Waals surface area contributed by atoms with Gasteiger partial charge in [-0.3, -0.25) is 4.79 Å². The van der Waals surface area contributed by atoms with E-state index >= 15 is 0 Å². The van der Waals surface area contributed by atoms with Crippen molar-refractivity contribution in [1.29, 1.82) is 0 Å². The molecule has 0 aromatic heterocycles. The Balaban J connectivity index is 3.27. The smallest absolute Gasteiger partial charge is 0.154 e. The second-order valence-electron chi connectivity index (χ2n) is 4.13. The van der Waals surface area contributed by atoms with Gasteiger partial charge in [0.2, 0.25) is 0 Å². The number of hydrogen-bond donors (Lipinski definition) is 1. The summed E-state index contributed by atoms with van der Waals surface area (Å²) in [5.74, 6) is 0.114. The number of hydrogen-bond acceptors (Lipinski definition) is 2. The Morgan fingerprint density at radius 1 is 1.07 bits per heavy atom. The molecule has 0 bridgehead atoms. The highest BCUT2D eigenvalue weighted by Gasteiger charge is 1.92. The lowest BCUT2D eigenvalue weighted by Gasteiger charge is -2.05. The Labute approximate surface area is 94.1 Å². The highest BCUT2D eigenvalue weighted by molar-refractivity contribution is 5.87. The van der Waals surface area contributed by atoms with Gasteiger partial charge in [0.1, 0.15) is 0 Å². The number of nitrogens with one attached hydrogen (secondary N) is 1. The molecule has 0 aliphatic carbocycles. The van der Waals surface area contributed by atoms with Crippen LogP contribution >= 0.6 is 0 Å². The van der Waals surface area contributed by atoms with Crippen molar-refractivity contribution >= 4 is 5.78 Å². The fourth-order valence-corrected chi connectivity index (χ4v) is 1.55. The lowest BCUT2D eigenvalue weighted by molar-refractivity contribution is -0.112. The average Bonchev–Trinajstić information content (AvgIpc) is 2.15. The zero-order valence-electron chi connectivity index (χ0n) is 10.4. The fourth-order valence-electron chi connectivity index (χ4n) is 1.55. The summed E-state index contributed by atoms with van der Waals surface area (Å²) in [6.45, 7) is 6.74. The Bertz CT molecular complexity index is 197. The van der Waals surface area contributed by atoms with Gasteiger partial charge in [-0.05, 0) is 26.3 Å². The first-order chi connectivity index (χ1) is 7.16. The first kappa shape index (κ1) is 14.2. The van der Waals surface area contributed by atoms with E-state index in [1.165, 1.54) is 38.5 Å². The van der Waals surface area contributed by atoms with Crippen molar-refractivity contribution in [3.8, 4) is 0 Å². The molecule has 15 heavy (non-hydrogen) atoms. The molecule has 2 heteroatoms. The topological polar surface area (TPSA) is 29.1 Å². The summed E-state index contributed by atoms with van der Waals surface area (Å²) in [7, 11) is 0. The second-order valence-corrected chi connectivity index (χ2v) is 4.13. The highest BCUT2D eigenvalue weighted by Crippen LogP contribution is 2.04. The van der Waals surface area contributed by atoms with Crippen molar-refractivity contribution in [2.75, 3.05) is 6.54 Å². The predicted octanol–water partition coefficient (Wildman–Crippen LogP) is 3.43. The van der Waals surface area contributed by atoms with Crippen molar-refractivity contribution < 1.29 is 4.79 Å². The maximum atomic E-state index is 10.7. The number of ketones is 1. The Morgan fingerprint density at radius 2 is 1.67 bits per heavy atom. The molecule has 2 nitrogen and oxygen atoms in total. The normalized spacial score (nSPS) is 11.5. The molecule has 0 unspecified atom stereocenters. The quantitative estimate of drug-likeness (QED) is 0.467. The van der Waals surface area contributed by atoms with Crippen molar-refractivity contribution in [3.05, 3.63) is 11.8 Å². The van der Waals surface area contributed by atoms with Gasteiger partial charge in [-0.25, -0.2) is 0 Å². The molecule has 0 atom stereocenters. The molecule has 0 saturated carbocycles. The van der Waals surface area contributed by atoms with Gasteiger partial charge in [0.15, 0.2) is 5.78 Å². The average molecular weight is 211 g/mol. The van der Waals surface area contributed by atoms with E-state index in [0.29, 0.717) is 0 Å². The zero-order valence-corrected chi connectivity index (χ0v) is 10.4. The molecule has 0 fully saturated rings. The van der Waals surface area contributed by atoms with Crippen LogP contribution in [0.2, 0.25) is 0 Å². The standard InChI is InChI=1S/C13H25NO/c1-4-5-6-7-8-9-10-14-12(2)11-13(3)15/h11,14H,4-10H2,1-3H3/b12-11+. The summed E-state index contributed by atoms with van der Waals surface area (Å²) in [4.78, 5) is 10.7. The third-order valence-corrected chi connectivity index (χ3v) is 2.35. The summed E-state index contributed by atoms with van der Waals surface area (Å²) < 4.78 is 0. The molecule has 0 aliphatic heterocycles. The Kier molecular flexibility index (Phi) is 9.24.